The van der Waals surface area contributed by atoms with Gasteiger partial charge in [0.1, 0.15) is 5.37 Å². The van der Waals surface area contributed by atoms with Crippen LogP contribution in [0.3, 0.4) is 0 Å². The van der Waals surface area contributed by atoms with E-state index in [1.165, 1.54) is 5.56 Å². The summed E-state index contributed by atoms with van der Waals surface area (Å²) in [5.74, 6) is 0.832. The lowest BCUT2D eigenvalue weighted by molar-refractivity contribution is -0.133. The molecule has 2 unspecified atom stereocenters. The van der Waals surface area contributed by atoms with Crippen molar-refractivity contribution in [3.8, 4) is 0 Å². The first-order valence-corrected chi connectivity index (χ1v) is 7.34. The van der Waals surface area contributed by atoms with Crippen molar-refractivity contribution in [1.82, 2.24) is 9.80 Å². The summed E-state index contributed by atoms with van der Waals surface area (Å²) in [5, 5.41) is 0.158. The van der Waals surface area contributed by atoms with Gasteiger partial charge < -0.3 is 4.90 Å². The minimum Gasteiger partial charge on any atom is -0.310 e. The summed E-state index contributed by atoms with van der Waals surface area (Å²) < 4.78 is 0. The topological polar surface area (TPSA) is 23.6 Å². The van der Waals surface area contributed by atoms with Crippen molar-refractivity contribution in [3.05, 3.63) is 35.9 Å². The quantitative estimate of drug-likeness (QED) is 0.835. The number of hydrogen-bond acceptors (Lipinski definition) is 3. The van der Waals surface area contributed by atoms with E-state index in [-0.39, 0.29) is 17.4 Å². The van der Waals surface area contributed by atoms with E-state index in [0.717, 1.165) is 6.42 Å². The van der Waals surface area contributed by atoms with Crippen LogP contribution in [0, 0.1) is 0 Å². The molecule has 0 aliphatic carbocycles. The molecule has 1 heterocycles. The fourth-order valence-corrected chi connectivity index (χ4v) is 3.66. The van der Waals surface area contributed by atoms with Crippen LogP contribution in [0.4, 0.5) is 0 Å². The zero-order valence-corrected chi connectivity index (χ0v) is 12.0. The predicted molar refractivity (Wildman–Crippen MR) is 76.3 cm³/mol. The van der Waals surface area contributed by atoms with Gasteiger partial charge in [-0.05, 0) is 26.1 Å². The lowest BCUT2D eigenvalue weighted by Gasteiger charge is -2.36. The minimum atomic E-state index is 0.158. The maximum atomic E-state index is 12.1. The highest BCUT2D eigenvalue weighted by atomic mass is 32.2. The predicted octanol–water partition coefficient (Wildman–Crippen LogP) is 2.56. The molecule has 1 aliphatic heterocycles. The number of carbonyl (C=O) groups is 1. The molecular formula is C14H20N2OS. The summed E-state index contributed by atoms with van der Waals surface area (Å²) in [6, 6.07) is 10.3. The molecule has 1 fully saturated rings. The number of amides is 1. The number of rotatable bonds is 4. The number of thioether (sulfide) groups is 1. The third kappa shape index (κ3) is 2.54. The van der Waals surface area contributed by atoms with Gasteiger partial charge in [-0.25, -0.2) is 0 Å². The first-order chi connectivity index (χ1) is 8.65. The smallest absolute Gasteiger partial charge is 0.235 e. The van der Waals surface area contributed by atoms with Crippen molar-refractivity contribution in [3.63, 3.8) is 0 Å². The van der Waals surface area contributed by atoms with E-state index in [9.17, 15) is 4.79 Å². The third-order valence-electron chi connectivity index (χ3n) is 3.27. The van der Waals surface area contributed by atoms with E-state index in [4.69, 9.17) is 0 Å². The average molecular weight is 264 g/mol. The van der Waals surface area contributed by atoms with Gasteiger partial charge in [0.2, 0.25) is 5.91 Å². The van der Waals surface area contributed by atoms with Gasteiger partial charge in [0.05, 0.1) is 11.9 Å². The summed E-state index contributed by atoms with van der Waals surface area (Å²) in [7, 11) is 4.07. The van der Waals surface area contributed by atoms with E-state index in [0.29, 0.717) is 5.75 Å². The highest BCUT2D eigenvalue weighted by Crippen LogP contribution is 2.40. The van der Waals surface area contributed by atoms with Gasteiger partial charge in [0.15, 0.2) is 0 Å². The molecule has 0 radical (unpaired) electrons. The summed E-state index contributed by atoms with van der Waals surface area (Å²) in [5.41, 5.74) is 1.22. The van der Waals surface area contributed by atoms with Gasteiger partial charge in [0.25, 0.3) is 0 Å². The Labute approximate surface area is 113 Å². The van der Waals surface area contributed by atoms with Gasteiger partial charge in [0, 0.05) is 0 Å². The van der Waals surface area contributed by atoms with E-state index >= 15 is 0 Å². The number of nitrogens with zero attached hydrogens (tertiary/aromatic N) is 2. The monoisotopic (exact) mass is 264 g/mol. The molecule has 0 bridgehead atoms. The SMILES string of the molecule is CCC(N(C)C)N1C(=O)CSC1c1ccccc1. The first kappa shape index (κ1) is 13.4. The summed E-state index contributed by atoms with van der Waals surface area (Å²) >= 11 is 1.72. The highest BCUT2D eigenvalue weighted by molar-refractivity contribution is 8.00. The van der Waals surface area contributed by atoms with Gasteiger partial charge in [-0.3, -0.25) is 9.69 Å². The number of carbonyl (C=O) groups excluding carboxylic acids is 1. The zero-order valence-electron chi connectivity index (χ0n) is 11.2. The van der Waals surface area contributed by atoms with Crippen molar-refractivity contribution >= 4 is 17.7 Å². The van der Waals surface area contributed by atoms with Gasteiger partial charge >= 0.3 is 0 Å². The minimum absolute atomic E-state index is 0.158. The van der Waals surface area contributed by atoms with Crippen molar-refractivity contribution < 1.29 is 4.79 Å². The average Bonchev–Trinajstić information content (AvgIpc) is 2.74. The highest BCUT2D eigenvalue weighted by Gasteiger charge is 2.37. The van der Waals surface area contributed by atoms with Gasteiger partial charge in [-0.2, -0.15) is 0 Å². The maximum Gasteiger partial charge on any atom is 0.235 e. The summed E-state index contributed by atoms with van der Waals surface area (Å²) in [6.45, 7) is 2.13. The Balaban J connectivity index is 2.28. The van der Waals surface area contributed by atoms with Crippen LogP contribution in [-0.2, 0) is 4.79 Å². The van der Waals surface area contributed by atoms with E-state index in [1.807, 2.05) is 37.2 Å². The van der Waals surface area contributed by atoms with Crippen LogP contribution in [0.15, 0.2) is 30.3 Å². The Hall–Kier alpha value is -1.00. The largest absolute Gasteiger partial charge is 0.310 e. The molecule has 4 heteroatoms. The summed E-state index contributed by atoms with van der Waals surface area (Å²) in [4.78, 5) is 16.3. The molecule has 18 heavy (non-hydrogen) atoms. The molecule has 3 nitrogen and oxygen atoms in total. The molecule has 0 aromatic heterocycles. The Morgan fingerprint density at radius 3 is 2.61 bits per heavy atom. The maximum absolute atomic E-state index is 12.1. The standard InChI is InChI=1S/C14H20N2OS/c1-4-12(15(2)3)16-13(17)10-18-14(16)11-8-6-5-7-9-11/h5-9,12,14H,4,10H2,1-3H3. The van der Waals surface area contributed by atoms with Crippen LogP contribution < -0.4 is 0 Å². The van der Waals surface area contributed by atoms with Crippen LogP contribution in [-0.4, -0.2) is 41.7 Å². The second-order valence-corrected chi connectivity index (χ2v) is 5.80. The Morgan fingerprint density at radius 2 is 2.06 bits per heavy atom. The Morgan fingerprint density at radius 1 is 1.39 bits per heavy atom. The normalized spacial score (nSPS) is 21.7. The van der Waals surface area contributed by atoms with Gasteiger partial charge in [-0.15, -0.1) is 11.8 Å². The van der Waals surface area contributed by atoms with Crippen LogP contribution in [0.1, 0.15) is 24.3 Å². The lowest BCUT2D eigenvalue weighted by Crippen LogP contribution is -2.46. The van der Waals surface area contributed by atoms with Crippen molar-refractivity contribution in [2.45, 2.75) is 24.9 Å². The Bertz CT molecular complexity index is 408. The molecule has 1 aromatic carbocycles. The molecule has 2 rings (SSSR count). The molecule has 0 N–H and O–H groups in total. The lowest BCUT2D eigenvalue weighted by atomic mass is 10.2. The van der Waals surface area contributed by atoms with E-state index < -0.39 is 0 Å². The fraction of sp³-hybridized carbons (Fsp3) is 0.500. The Kier molecular flexibility index (Phi) is 4.30. The molecule has 0 spiro atoms. The van der Waals surface area contributed by atoms with Crippen LogP contribution in [0.25, 0.3) is 0 Å². The van der Waals surface area contributed by atoms with E-state index in [1.54, 1.807) is 11.8 Å². The number of benzene rings is 1. The molecule has 1 aromatic rings. The molecule has 98 valence electrons. The zero-order chi connectivity index (χ0) is 13.1. The second-order valence-electron chi connectivity index (χ2n) is 4.73. The molecule has 1 aliphatic rings. The van der Waals surface area contributed by atoms with Crippen LogP contribution >= 0.6 is 11.8 Å². The molecule has 1 saturated heterocycles. The van der Waals surface area contributed by atoms with Crippen LogP contribution in [0.5, 0.6) is 0 Å². The molecule has 0 saturated carbocycles. The third-order valence-corrected chi connectivity index (χ3v) is 4.50. The van der Waals surface area contributed by atoms with Crippen LogP contribution in [0.2, 0.25) is 0 Å². The fourth-order valence-electron chi connectivity index (χ4n) is 2.44. The molecule has 1 amide bonds. The van der Waals surface area contributed by atoms with Crippen molar-refractivity contribution in [1.29, 1.82) is 0 Å². The second kappa shape index (κ2) is 5.76. The van der Waals surface area contributed by atoms with Crippen molar-refractivity contribution in [2.24, 2.45) is 0 Å². The molecular weight excluding hydrogens is 244 g/mol. The van der Waals surface area contributed by atoms with Gasteiger partial charge in [-0.1, -0.05) is 37.3 Å². The number of hydrogen-bond donors (Lipinski definition) is 0. The molecule has 2 atom stereocenters. The first-order valence-electron chi connectivity index (χ1n) is 6.29. The summed E-state index contributed by atoms with van der Waals surface area (Å²) in [6.07, 6.45) is 1.13. The van der Waals surface area contributed by atoms with Crippen molar-refractivity contribution in [2.75, 3.05) is 19.8 Å². The van der Waals surface area contributed by atoms with E-state index in [2.05, 4.69) is 24.0 Å².